The van der Waals surface area contributed by atoms with Crippen molar-refractivity contribution < 1.29 is 28.5 Å². The Morgan fingerprint density at radius 3 is 2.37 bits per heavy atom. The predicted octanol–water partition coefficient (Wildman–Crippen LogP) is 9.88. The third-order valence-electron chi connectivity index (χ3n) is 9.66. The summed E-state index contributed by atoms with van der Waals surface area (Å²) in [5.41, 5.74) is 2.63. The fraction of sp³-hybridized carbons (Fsp3) is 0.425. The monoisotopic (exact) mass is 716 g/mol. The number of fused-ring (bicyclic) bond motifs is 3. The van der Waals surface area contributed by atoms with Crippen molar-refractivity contribution in [1.29, 1.82) is 0 Å². The first-order valence-corrected chi connectivity index (χ1v) is 17.6. The molecule has 270 valence electrons. The van der Waals surface area contributed by atoms with Crippen LogP contribution in [0.1, 0.15) is 65.6 Å². The molecule has 11 heteroatoms. The van der Waals surface area contributed by atoms with Gasteiger partial charge in [0.25, 0.3) is 0 Å². The number of methoxy groups -OCH3 is 1. The van der Waals surface area contributed by atoms with Gasteiger partial charge in [0.05, 0.1) is 41.1 Å². The maximum atomic E-state index is 17.0. The van der Waals surface area contributed by atoms with E-state index in [4.69, 9.17) is 35.9 Å². The van der Waals surface area contributed by atoms with E-state index in [1.54, 1.807) is 12.1 Å². The van der Waals surface area contributed by atoms with E-state index in [-0.39, 0.29) is 40.9 Å². The SMILES string of the molecule is COc1c(OCC2CCN(C(=O)O)C(C(C)(C)C)C2)cc2c(c(-c3ccc(OCc4ccccc4)c(Cl)c3)nc3c2c(C)nn3C(C)(C)C)c1F. The van der Waals surface area contributed by atoms with Crippen LogP contribution in [0.2, 0.25) is 5.02 Å². The number of benzene rings is 3. The van der Waals surface area contributed by atoms with Crippen molar-refractivity contribution in [2.24, 2.45) is 11.3 Å². The number of ether oxygens (including phenoxy) is 3. The quantitative estimate of drug-likeness (QED) is 0.171. The molecule has 1 amide bonds. The van der Waals surface area contributed by atoms with Crippen LogP contribution in [0, 0.1) is 24.1 Å². The lowest BCUT2D eigenvalue weighted by Crippen LogP contribution is -2.52. The molecule has 2 atom stereocenters. The number of piperidine rings is 1. The Balaban J connectivity index is 1.44. The van der Waals surface area contributed by atoms with Crippen molar-refractivity contribution in [3.05, 3.63) is 76.7 Å². The minimum Gasteiger partial charge on any atom is -0.490 e. The van der Waals surface area contributed by atoms with Gasteiger partial charge < -0.3 is 24.2 Å². The Labute approximate surface area is 303 Å². The normalized spacial score (nSPS) is 16.9. The van der Waals surface area contributed by atoms with Crippen molar-refractivity contribution in [2.75, 3.05) is 20.3 Å². The second kappa shape index (κ2) is 13.9. The van der Waals surface area contributed by atoms with E-state index in [1.165, 1.54) is 12.0 Å². The summed E-state index contributed by atoms with van der Waals surface area (Å²) in [6, 6.07) is 16.8. The molecule has 1 aliphatic heterocycles. The molecule has 0 radical (unpaired) electrons. The molecule has 5 aromatic rings. The van der Waals surface area contributed by atoms with Gasteiger partial charge in [0.15, 0.2) is 23.0 Å². The average Bonchev–Trinajstić information content (AvgIpc) is 3.43. The highest BCUT2D eigenvalue weighted by Crippen LogP contribution is 2.45. The van der Waals surface area contributed by atoms with Crippen molar-refractivity contribution in [1.82, 2.24) is 19.7 Å². The third-order valence-corrected chi connectivity index (χ3v) is 9.96. The maximum Gasteiger partial charge on any atom is 0.407 e. The third kappa shape index (κ3) is 7.16. The van der Waals surface area contributed by atoms with Crippen LogP contribution in [0.3, 0.4) is 0 Å². The lowest BCUT2D eigenvalue weighted by molar-refractivity contribution is 0.0300. The van der Waals surface area contributed by atoms with Crippen molar-refractivity contribution in [3.8, 4) is 28.5 Å². The second-order valence-corrected chi connectivity index (χ2v) is 15.9. The summed E-state index contributed by atoms with van der Waals surface area (Å²) in [5.74, 6) is 0.193. The number of aryl methyl sites for hydroxylation is 1. The number of pyridine rings is 1. The molecule has 6 rings (SSSR count). The van der Waals surface area contributed by atoms with Crippen LogP contribution in [-0.2, 0) is 12.1 Å². The molecule has 2 aromatic heterocycles. The summed E-state index contributed by atoms with van der Waals surface area (Å²) >= 11 is 6.78. The Morgan fingerprint density at radius 1 is 1.02 bits per heavy atom. The van der Waals surface area contributed by atoms with E-state index in [1.807, 2.05) is 95.6 Å². The van der Waals surface area contributed by atoms with Gasteiger partial charge in [-0.05, 0) is 81.7 Å². The standard InChI is InChI=1S/C40H46ClFN4O5/c1-23-32-27-20-30(51-22-25-16-17-45(38(47)48)31(18-25)39(2,3)4)36(49-8)34(42)33(27)35(43-37(32)46(44-23)40(5,6)7)26-14-15-29(28(41)19-26)50-21-24-12-10-9-11-13-24/h9-15,19-20,25,31H,16-18,21-22H2,1-8H3,(H,47,48). The number of hydrogen-bond donors (Lipinski definition) is 1. The molecule has 1 saturated heterocycles. The molecule has 1 aliphatic rings. The number of rotatable bonds is 8. The first kappa shape index (κ1) is 36.2. The molecule has 51 heavy (non-hydrogen) atoms. The zero-order chi connectivity index (χ0) is 36.8. The Kier molecular flexibility index (Phi) is 9.85. The fourth-order valence-corrected chi connectivity index (χ4v) is 7.29. The number of carbonyl (C=O) groups is 1. The first-order valence-electron chi connectivity index (χ1n) is 17.3. The zero-order valence-electron chi connectivity index (χ0n) is 30.5. The van der Waals surface area contributed by atoms with Crippen molar-refractivity contribution >= 4 is 39.5 Å². The topological polar surface area (TPSA) is 98.9 Å². The summed E-state index contributed by atoms with van der Waals surface area (Å²) < 4.78 is 37.0. The highest BCUT2D eigenvalue weighted by Gasteiger charge is 2.39. The van der Waals surface area contributed by atoms with Gasteiger partial charge in [0.2, 0.25) is 0 Å². The summed E-state index contributed by atoms with van der Waals surface area (Å²) in [4.78, 5) is 18.6. The Hall–Kier alpha value is -4.57. The Bertz CT molecular complexity index is 2090. The van der Waals surface area contributed by atoms with Crippen LogP contribution in [0.15, 0.2) is 54.6 Å². The van der Waals surface area contributed by atoms with Crippen molar-refractivity contribution in [2.45, 2.75) is 79.5 Å². The van der Waals surface area contributed by atoms with Crippen LogP contribution >= 0.6 is 11.6 Å². The lowest BCUT2D eigenvalue weighted by atomic mass is 9.77. The molecular formula is C40H46ClFN4O5. The molecule has 2 unspecified atom stereocenters. The van der Waals surface area contributed by atoms with Crippen LogP contribution in [0.25, 0.3) is 33.1 Å². The van der Waals surface area contributed by atoms with Crippen LogP contribution in [0.5, 0.6) is 17.2 Å². The molecule has 3 heterocycles. The van der Waals surface area contributed by atoms with Gasteiger partial charge in [0.1, 0.15) is 12.4 Å². The first-order chi connectivity index (χ1) is 24.1. The number of halogens is 2. The second-order valence-electron chi connectivity index (χ2n) is 15.5. The van der Waals surface area contributed by atoms with E-state index >= 15 is 4.39 Å². The average molecular weight is 717 g/mol. The summed E-state index contributed by atoms with van der Waals surface area (Å²) in [7, 11) is 1.42. The van der Waals surface area contributed by atoms with Gasteiger partial charge >= 0.3 is 6.09 Å². The van der Waals surface area contributed by atoms with Gasteiger partial charge in [-0.2, -0.15) is 5.10 Å². The zero-order valence-corrected chi connectivity index (χ0v) is 31.3. The molecule has 3 aromatic carbocycles. The smallest absolute Gasteiger partial charge is 0.407 e. The van der Waals surface area contributed by atoms with Crippen LogP contribution in [0.4, 0.5) is 9.18 Å². The van der Waals surface area contributed by atoms with Gasteiger partial charge in [0, 0.05) is 28.9 Å². The van der Waals surface area contributed by atoms with Crippen LogP contribution < -0.4 is 14.2 Å². The van der Waals surface area contributed by atoms with Crippen molar-refractivity contribution in [3.63, 3.8) is 0 Å². The molecule has 0 saturated carbocycles. The minimum absolute atomic E-state index is 0.0324. The molecule has 0 aliphatic carbocycles. The van der Waals surface area contributed by atoms with E-state index in [9.17, 15) is 9.90 Å². The van der Waals surface area contributed by atoms with Gasteiger partial charge in [-0.15, -0.1) is 0 Å². The number of hydrogen-bond acceptors (Lipinski definition) is 6. The Morgan fingerprint density at radius 2 is 1.75 bits per heavy atom. The van der Waals surface area contributed by atoms with Gasteiger partial charge in [-0.25, -0.2) is 18.9 Å². The number of carboxylic acid groups (broad SMARTS) is 1. The maximum absolute atomic E-state index is 17.0. The number of aromatic nitrogens is 3. The summed E-state index contributed by atoms with van der Waals surface area (Å²) in [5, 5.41) is 16.6. The highest BCUT2D eigenvalue weighted by molar-refractivity contribution is 6.32. The number of amides is 1. The summed E-state index contributed by atoms with van der Waals surface area (Å²) in [6.45, 7) is 15.2. The molecule has 0 bridgehead atoms. The lowest BCUT2D eigenvalue weighted by Gasteiger charge is -2.44. The summed E-state index contributed by atoms with van der Waals surface area (Å²) in [6.07, 6.45) is 0.358. The fourth-order valence-electron chi connectivity index (χ4n) is 7.05. The van der Waals surface area contributed by atoms with E-state index in [0.717, 1.165) is 5.56 Å². The molecule has 0 spiro atoms. The molecule has 1 N–H and O–H groups in total. The van der Waals surface area contributed by atoms with Gasteiger partial charge in [-0.1, -0.05) is 62.7 Å². The predicted molar refractivity (Wildman–Crippen MR) is 199 cm³/mol. The van der Waals surface area contributed by atoms with Crippen LogP contribution in [-0.4, -0.2) is 57.2 Å². The highest BCUT2D eigenvalue weighted by atomic mass is 35.5. The van der Waals surface area contributed by atoms with E-state index in [2.05, 4.69) is 0 Å². The minimum atomic E-state index is -0.914. The number of nitrogens with zero attached hydrogens (tertiary/aromatic N) is 4. The molecular weight excluding hydrogens is 671 g/mol. The largest absolute Gasteiger partial charge is 0.490 e. The molecule has 1 fully saturated rings. The molecule has 9 nitrogen and oxygen atoms in total. The van der Waals surface area contributed by atoms with E-state index in [0.29, 0.717) is 70.1 Å². The van der Waals surface area contributed by atoms with Gasteiger partial charge in [-0.3, -0.25) is 0 Å². The van der Waals surface area contributed by atoms with E-state index < -0.39 is 17.4 Å². The number of likely N-dealkylation sites (tertiary alicyclic amines) is 1.